The van der Waals surface area contributed by atoms with Gasteiger partial charge in [-0.2, -0.15) is 0 Å². The lowest BCUT2D eigenvalue weighted by molar-refractivity contribution is 0.700. The van der Waals surface area contributed by atoms with Crippen LogP contribution in [0.2, 0.25) is 0 Å². The Morgan fingerprint density at radius 1 is 1.26 bits per heavy atom. The number of halogens is 1. The van der Waals surface area contributed by atoms with E-state index < -0.39 is 0 Å². The zero-order chi connectivity index (χ0) is 13.5. The molecule has 0 aliphatic carbocycles. The van der Waals surface area contributed by atoms with Gasteiger partial charge in [-0.05, 0) is 45.7 Å². The van der Waals surface area contributed by atoms with Crippen LogP contribution in [0, 0.1) is 13.8 Å². The standard InChI is InChI=1S/C15H25N3.HI/c1-6-16-15(18-11(2)3)17-10-14-8-7-12(4)9-13(14)5;/h7-9,11H,6,10H2,1-5H3,(H2,16,17,18);1H. The maximum Gasteiger partial charge on any atom is 0.191 e. The summed E-state index contributed by atoms with van der Waals surface area (Å²) in [6.45, 7) is 12.2. The van der Waals surface area contributed by atoms with Gasteiger partial charge in [0.05, 0.1) is 6.54 Å². The third-order valence-corrected chi connectivity index (χ3v) is 2.68. The van der Waals surface area contributed by atoms with E-state index in [4.69, 9.17) is 0 Å². The summed E-state index contributed by atoms with van der Waals surface area (Å²) in [5.41, 5.74) is 3.88. The summed E-state index contributed by atoms with van der Waals surface area (Å²) < 4.78 is 0. The third-order valence-electron chi connectivity index (χ3n) is 2.68. The molecule has 1 rings (SSSR count). The molecule has 0 bridgehead atoms. The summed E-state index contributed by atoms with van der Waals surface area (Å²) in [4.78, 5) is 4.61. The van der Waals surface area contributed by atoms with Crippen LogP contribution < -0.4 is 10.6 Å². The first kappa shape index (κ1) is 18.2. The van der Waals surface area contributed by atoms with Crippen LogP contribution in [0.5, 0.6) is 0 Å². The molecule has 0 unspecified atom stereocenters. The zero-order valence-corrected chi connectivity index (χ0v) is 14.9. The molecule has 0 amide bonds. The van der Waals surface area contributed by atoms with Gasteiger partial charge in [0.15, 0.2) is 5.96 Å². The Morgan fingerprint density at radius 2 is 1.95 bits per heavy atom. The fourth-order valence-corrected chi connectivity index (χ4v) is 1.78. The van der Waals surface area contributed by atoms with Crippen molar-refractivity contribution in [2.45, 2.75) is 47.2 Å². The summed E-state index contributed by atoms with van der Waals surface area (Å²) in [5, 5.41) is 6.57. The molecule has 0 fully saturated rings. The Hall–Kier alpha value is -0.780. The molecule has 0 heterocycles. The third kappa shape index (κ3) is 6.80. The van der Waals surface area contributed by atoms with Crippen LogP contribution in [-0.4, -0.2) is 18.5 Å². The Balaban J connectivity index is 0.00000324. The highest BCUT2D eigenvalue weighted by Crippen LogP contribution is 2.11. The Morgan fingerprint density at radius 3 is 2.47 bits per heavy atom. The van der Waals surface area contributed by atoms with Crippen molar-refractivity contribution in [2.75, 3.05) is 6.54 Å². The van der Waals surface area contributed by atoms with E-state index in [2.05, 4.69) is 68.4 Å². The molecule has 4 heteroatoms. The summed E-state index contributed by atoms with van der Waals surface area (Å²) >= 11 is 0. The molecular weight excluding hydrogens is 349 g/mol. The number of aryl methyl sites for hydroxylation is 2. The number of benzene rings is 1. The molecule has 0 spiro atoms. The molecule has 3 nitrogen and oxygen atoms in total. The van der Waals surface area contributed by atoms with Crippen LogP contribution in [0.15, 0.2) is 23.2 Å². The minimum atomic E-state index is 0. The van der Waals surface area contributed by atoms with Gasteiger partial charge in [-0.1, -0.05) is 23.8 Å². The maximum absolute atomic E-state index is 4.61. The fourth-order valence-electron chi connectivity index (χ4n) is 1.78. The number of nitrogens with zero attached hydrogens (tertiary/aromatic N) is 1. The van der Waals surface area contributed by atoms with E-state index in [0.29, 0.717) is 12.6 Å². The average molecular weight is 375 g/mol. The van der Waals surface area contributed by atoms with E-state index >= 15 is 0 Å². The van der Waals surface area contributed by atoms with E-state index in [1.54, 1.807) is 0 Å². The van der Waals surface area contributed by atoms with Gasteiger partial charge in [-0.25, -0.2) is 4.99 Å². The molecule has 0 atom stereocenters. The van der Waals surface area contributed by atoms with E-state index in [1.165, 1.54) is 16.7 Å². The largest absolute Gasteiger partial charge is 0.357 e. The molecule has 0 saturated heterocycles. The molecule has 2 N–H and O–H groups in total. The van der Waals surface area contributed by atoms with Gasteiger partial charge >= 0.3 is 0 Å². The van der Waals surface area contributed by atoms with Crippen molar-refractivity contribution in [1.82, 2.24) is 10.6 Å². The van der Waals surface area contributed by atoms with E-state index in [0.717, 1.165) is 12.5 Å². The van der Waals surface area contributed by atoms with Gasteiger partial charge in [-0.15, -0.1) is 24.0 Å². The topological polar surface area (TPSA) is 36.4 Å². The maximum atomic E-state index is 4.61. The lowest BCUT2D eigenvalue weighted by Crippen LogP contribution is -2.41. The predicted molar refractivity (Wildman–Crippen MR) is 94.4 cm³/mol. The molecule has 0 aliphatic rings. The van der Waals surface area contributed by atoms with Crippen molar-refractivity contribution in [3.63, 3.8) is 0 Å². The molecule has 0 saturated carbocycles. The molecule has 0 aromatic heterocycles. The second-order valence-corrected chi connectivity index (χ2v) is 4.92. The monoisotopic (exact) mass is 375 g/mol. The predicted octanol–water partition coefficient (Wildman–Crippen LogP) is 3.38. The van der Waals surface area contributed by atoms with Gasteiger partial charge < -0.3 is 10.6 Å². The first-order valence-electron chi connectivity index (χ1n) is 6.64. The van der Waals surface area contributed by atoms with E-state index in [-0.39, 0.29) is 24.0 Å². The van der Waals surface area contributed by atoms with Crippen LogP contribution in [0.25, 0.3) is 0 Å². The molecule has 1 aromatic carbocycles. The van der Waals surface area contributed by atoms with E-state index in [1.807, 2.05) is 0 Å². The lowest BCUT2D eigenvalue weighted by atomic mass is 10.1. The summed E-state index contributed by atoms with van der Waals surface area (Å²) in [5.74, 6) is 0.882. The number of hydrogen-bond acceptors (Lipinski definition) is 1. The highest BCUT2D eigenvalue weighted by Gasteiger charge is 2.01. The Labute approximate surface area is 134 Å². The van der Waals surface area contributed by atoms with Crippen molar-refractivity contribution in [2.24, 2.45) is 4.99 Å². The van der Waals surface area contributed by atoms with Crippen molar-refractivity contribution >= 4 is 29.9 Å². The quantitative estimate of drug-likeness (QED) is 0.481. The van der Waals surface area contributed by atoms with Crippen LogP contribution in [0.3, 0.4) is 0 Å². The van der Waals surface area contributed by atoms with Crippen LogP contribution >= 0.6 is 24.0 Å². The van der Waals surface area contributed by atoms with Gasteiger partial charge in [-0.3, -0.25) is 0 Å². The highest BCUT2D eigenvalue weighted by molar-refractivity contribution is 14.0. The minimum absolute atomic E-state index is 0. The SMILES string of the molecule is CCNC(=NCc1ccc(C)cc1C)NC(C)C.I. The van der Waals surface area contributed by atoms with Gasteiger partial charge in [0.2, 0.25) is 0 Å². The number of hydrogen-bond donors (Lipinski definition) is 2. The smallest absolute Gasteiger partial charge is 0.191 e. The van der Waals surface area contributed by atoms with Crippen LogP contribution in [0.4, 0.5) is 0 Å². The van der Waals surface area contributed by atoms with Gasteiger partial charge in [0, 0.05) is 12.6 Å². The van der Waals surface area contributed by atoms with Crippen LogP contribution in [-0.2, 0) is 6.54 Å². The number of aliphatic imine (C=N–C) groups is 1. The fraction of sp³-hybridized carbons (Fsp3) is 0.533. The zero-order valence-electron chi connectivity index (χ0n) is 12.6. The lowest BCUT2D eigenvalue weighted by Gasteiger charge is -2.14. The first-order chi connectivity index (χ1) is 8.52. The number of guanidine groups is 1. The van der Waals surface area contributed by atoms with Gasteiger partial charge in [0.1, 0.15) is 0 Å². The second kappa shape index (κ2) is 9.18. The highest BCUT2D eigenvalue weighted by atomic mass is 127. The summed E-state index contributed by atoms with van der Waals surface area (Å²) in [7, 11) is 0. The second-order valence-electron chi connectivity index (χ2n) is 4.92. The molecule has 0 aliphatic heterocycles. The Bertz CT molecular complexity index is 414. The first-order valence-corrected chi connectivity index (χ1v) is 6.64. The minimum Gasteiger partial charge on any atom is -0.357 e. The van der Waals surface area contributed by atoms with Crippen molar-refractivity contribution in [3.8, 4) is 0 Å². The van der Waals surface area contributed by atoms with Crippen LogP contribution in [0.1, 0.15) is 37.5 Å². The Kier molecular flexibility index (Phi) is 8.80. The normalized spacial score (nSPS) is 11.2. The van der Waals surface area contributed by atoms with Gasteiger partial charge in [0.25, 0.3) is 0 Å². The number of nitrogens with one attached hydrogen (secondary N) is 2. The number of rotatable bonds is 4. The average Bonchev–Trinajstić information content (AvgIpc) is 2.27. The summed E-state index contributed by atoms with van der Waals surface area (Å²) in [6.07, 6.45) is 0. The molecular formula is C15H26IN3. The molecule has 19 heavy (non-hydrogen) atoms. The van der Waals surface area contributed by atoms with Crippen molar-refractivity contribution in [3.05, 3.63) is 34.9 Å². The van der Waals surface area contributed by atoms with E-state index in [9.17, 15) is 0 Å². The summed E-state index contributed by atoms with van der Waals surface area (Å²) in [6, 6.07) is 6.89. The molecule has 1 aromatic rings. The molecule has 0 radical (unpaired) electrons. The molecule has 108 valence electrons. The van der Waals surface area contributed by atoms with Crippen molar-refractivity contribution < 1.29 is 0 Å². The van der Waals surface area contributed by atoms with Crippen molar-refractivity contribution in [1.29, 1.82) is 0 Å².